The van der Waals surface area contributed by atoms with Gasteiger partial charge in [0.05, 0.1) is 11.4 Å². The number of amides is 1. The van der Waals surface area contributed by atoms with Crippen molar-refractivity contribution in [2.45, 2.75) is 31.8 Å². The predicted molar refractivity (Wildman–Crippen MR) is 125 cm³/mol. The van der Waals surface area contributed by atoms with Gasteiger partial charge in [0, 0.05) is 25.7 Å². The summed E-state index contributed by atoms with van der Waals surface area (Å²) in [5, 5.41) is 3.80. The monoisotopic (exact) mass is 434 g/mol. The Kier molecular flexibility index (Phi) is 7.23. The number of para-hydroxylation sites is 1. The molecule has 1 aliphatic rings. The van der Waals surface area contributed by atoms with Gasteiger partial charge in [0.1, 0.15) is 11.5 Å². The zero-order chi connectivity index (χ0) is 21.5. The number of rotatable bonds is 7. The van der Waals surface area contributed by atoms with Gasteiger partial charge < -0.3 is 10.1 Å². The number of nitrogens with one attached hydrogen (secondary N) is 1. The lowest BCUT2D eigenvalue weighted by Crippen LogP contribution is -2.44. The molecule has 0 saturated carbocycles. The molecule has 1 fully saturated rings. The number of ether oxygens (including phenoxy) is 1. The number of carbonyl (C=O) groups excluding carboxylic acids is 1. The van der Waals surface area contributed by atoms with Gasteiger partial charge in [-0.3, -0.25) is 9.69 Å². The Balaban J connectivity index is 1.25. The van der Waals surface area contributed by atoms with Crippen LogP contribution in [0, 0.1) is 0 Å². The molecule has 0 spiro atoms. The van der Waals surface area contributed by atoms with Crippen LogP contribution in [-0.4, -0.2) is 29.9 Å². The molecule has 0 aliphatic carbocycles. The highest BCUT2D eigenvalue weighted by atomic mass is 35.5. The highest BCUT2D eigenvalue weighted by Crippen LogP contribution is 2.29. The lowest BCUT2D eigenvalue weighted by atomic mass is 10.0. The number of halogens is 1. The van der Waals surface area contributed by atoms with E-state index in [0.717, 1.165) is 43.8 Å². The molecule has 3 aromatic carbocycles. The van der Waals surface area contributed by atoms with E-state index in [9.17, 15) is 4.79 Å². The molecular formula is C26H27ClN2O2. The van der Waals surface area contributed by atoms with E-state index in [1.54, 1.807) is 0 Å². The van der Waals surface area contributed by atoms with Crippen molar-refractivity contribution in [3.63, 3.8) is 0 Å². The van der Waals surface area contributed by atoms with Gasteiger partial charge in [-0.2, -0.15) is 0 Å². The highest BCUT2D eigenvalue weighted by molar-refractivity contribution is 6.32. The van der Waals surface area contributed by atoms with Crippen molar-refractivity contribution >= 4 is 17.5 Å². The molecule has 3 aromatic rings. The van der Waals surface area contributed by atoms with Crippen molar-refractivity contribution in [3.8, 4) is 11.5 Å². The minimum Gasteiger partial charge on any atom is -0.456 e. The van der Waals surface area contributed by atoms with Gasteiger partial charge in [-0.1, -0.05) is 66.2 Å². The van der Waals surface area contributed by atoms with Gasteiger partial charge in [0.25, 0.3) is 0 Å². The third-order valence-electron chi connectivity index (χ3n) is 5.53. The maximum Gasteiger partial charge on any atom is 0.224 e. The fraction of sp³-hybridized carbons (Fsp3) is 0.269. The summed E-state index contributed by atoms with van der Waals surface area (Å²) in [6.07, 6.45) is 2.38. The number of hydrogen-bond acceptors (Lipinski definition) is 3. The van der Waals surface area contributed by atoms with E-state index in [1.807, 2.05) is 66.7 Å². The van der Waals surface area contributed by atoms with Gasteiger partial charge >= 0.3 is 0 Å². The number of benzene rings is 3. The minimum atomic E-state index is 0.106. The molecule has 0 radical (unpaired) electrons. The summed E-state index contributed by atoms with van der Waals surface area (Å²) in [5.74, 6) is 1.55. The van der Waals surface area contributed by atoms with Crippen molar-refractivity contribution in [2.24, 2.45) is 0 Å². The van der Waals surface area contributed by atoms with Crippen molar-refractivity contribution in [1.29, 1.82) is 0 Å². The normalized spacial score (nSPS) is 14.9. The first-order valence-corrected chi connectivity index (χ1v) is 11.1. The molecule has 4 rings (SSSR count). The summed E-state index contributed by atoms with van der Waals surface area (Å²) in [7, 11) is 0. The second-order valence-electron chi connectivity index (χ2n) is 7.96. The second-order valence-corrected chi connectivity index (χ2v) is 8.37. The Morgan fingerprint density at radius 2 is 1.65 bits per heavy atom. The topological polar surface area (TPSA) is 41.6 Å². The summed E-state index contributed by atoms with van der Waals surface area (Å²) in [6.45, 7) is 2.79. The molecule has 0 atom stereocenters. The van der Waals surface area contributed by atoms with Gasteiger partial charge in [-0.15, -0.1) is 0 Å². The Labute approximate surface area is 188 Å². The van der Waals surface area contributed by atoms with E-state index in [1.165, 1.54) is 5.56 Å². The third-order valence-corrected chi connectivity index (χ3v) is 5.84. The fourth-order valence-electron chi connectivity index (χ4n) is 3.92. The lowest BCUT2D eigenvalue weighted by Gasteiger charge is -2.32. The summed E-state index contributed by atoms with van der Waals surface area (Å²) in [5.41, 5.74) is 2.26. The number of carbonyl (C=O) groups is 1. The van der Waals surface area contributed by atoms with Crippen LogP contribution in [0.5, 0.6) is 11.5 Å². The van der Waals surface area contributed by atoms with E-state index in [0.29, 0.717) is 17.2 Å². The molecule has 160 valence electrons. The van der Waals surface area contributed by atoms with Crippen LogP contribution < -0.4 is 10.1 Å². The molecule has 1 N–H and O–H groups in total. The van der Waals surface area contributed by atoms with Crippen LogP contribution in [0.4, 0.5) is 0 Å². The van der Waals surface area contributed by atoms with E-state index < -0.39 is 0 Å². The molecule has 1 heterocycles. The average molecular weight is 435 g/mol. The van der Waals surface area contributed by atoms with Crippen LogP contribution in [-0.2, 0) is 17.8 Å². The zero-order valence-corrected chi connectivity index (χ0v) is 18.2. The number of hydrogen-bond donors (Lipinski definition) is 1. The number of piperidine rings is 1. The van der Waals surface area contributed by atoms with Crippen molar-refractivity contribution in [2.75, 3.05) is 13.1 Å². The van der Waals surface area contributed by atoms with Crippen LogP contribution in [0.3, 0.4) is 0 Å². The predicted octanol–water partition coefficient (Wildman–Crippen LogP) is 5.46. The van der Waals surface area contributed by atoms with Crippen LogP contribution in [0.25, 0.3) is 0 Å². The van der Waals surface area contributed by atoms with Gasteiger partial charge in [-0.05, 0) is 48.2 Å². The molecule has 1 aliphatic heterocycles. The standard InChI is InChI=1S/C26H27ClN2O2/c27-24-11-4-5-12-25(24)31-23-10-6-9-21(17-23)19-29-15-13-22(14-16-29)28-26(30)18-20-7-2-1-3-8-20/h1-12,17,22H,13-16,18-19H2,(H,28,30). The van der Waals surface area contributed by atoms with E-state index in [2.05, 4.69) is 22.3 Å². The van der Waals surface area contributed by atoms with Gasteiger partial charge in [0.15, 0.2) is 0 Å². The van der Waals surface area contributed by atoms with E-state index in [-0.39, 0.29) is 11.9 Å². The van der Waals surface area contributed by atoms with Crippen LogP contribution in [0.2, 0.25) is 5.02 Å². The van der Waals surface area contributed by atoms with Crippen LogP contribution >= 0.6 is 11.6 Å². The highest BCUT2D eigenvalue weighted by Gasteiger charge is 2.21. The first-order valence-electron chi connectivity index (χ1n) is 10.7. The molecule has 1 saturated heterocycles. The zero-order valence-electron chi connectivity index (χ0n) is 17.5. The molecule has 5 heteroatoms. The maximum absolute atomic E-state index is 12.3. The first kappa shape index (κ1) is 21.4. The Bertz CT molecular complexity index is 1000. The van der Waals surface area contributed by atoms with Crippen molar-refractivity contribution in [3.05, 3.63) is 95.0 Å². The molecule has 1 amide bonds. The summed E-state index contributed by atoms with van der Waals surface area (Å²) < 4.78 is 5.95. The molecule has 0 aromatic heterocycles. The first-order chi connectivity index (χ1) is 15.2. The Hall–Kier alpha value is -2.82. The van der Waals surface area contributed by atoms with E-state index >= 15 is 0 Å². The third kappa shape index (κ3) is 6.33. The maximum atomic E-state index is 12.3. The summed E-state index contributed by atoms with van der Waals surface area (Å²) in [6, 6.07) is 25.8. The quantitative estimate of drug-likeness (QED) is 0.537. The van der Waals surface area contributed by atoms with Crippen molar-refractivity contribution in [1.82, 2.24) is 10.2 Å². The number of nitrogens with zero attached hydrogens (tertiary/aromatic N) is 1. The second kappa shape index (κ2) is 10.5. The summed E-state index contributed by atoms with van der Waals surface area (Å²) >= 11 is 6.20. The molecule has 0 unspecified atom stereocenters. The molecular weight excluding hydrogens is 408 g/mol. The fourth-order valence-corrected chi connectivity index (χ4v) is 4.09. The van der Waals surface area contributed by atoms with Crippen molar-refractivity contribution < 1.29 is 9.53 Å². The smallest absolute Gasteiger partial charge is 0.224 e. The Morgan fingerprint density at radius 1 is 0.935 bits per heavy atom. The molecule has 0 bridgehead atoms. The van der Waals surface area contributed by atoms with Gasteiger partial charge in [0.2, 0.25) is 5.91 Å². The Morgan fingerprint density at radius 3 is 2.42 bits per heavy atom. The lowest BCUT2D eigenvalue weighted by molar-refractivity contribution is -0.121. The molecule has 4 nitrogen and oxygen atoms in total. The largest absolute Gasteiger partial charge is 0.456 e. The SMILES string of the molecule is O=C(Cc1ccccc1)NC1CCN(Cc2cccc(Oc3ccccc3Cl)c2)CC1. The van der Waals surface area contributed by atoms with E-state index in [4.69, 9.17) is 16.3 Å². The van der Waals surface area contributed by atoms with Crippen LogP contribution in [0.15, 0.2) is 78.9 Å². The van der Waals surface area contributed by atoms with Crippen LogP contribution in [0.1, 0.15) is 24.0 Å². The summed E-state index contributed by atoms with van der Waals surface area (Å²) in [4.78, 5) is 14.7. The number of likely N-dealkylation sites (tertiary alicyclic amines) is 1. The molecule has 31 heavy (non-hydrogen) atoms. The minimum absolute atomic E-state index is 0.106. The van der Waals surface area contributed by atoms with Gasteiger partial charge in [-0.25, -0.2) is 0 Å². The average Bonchev–Trinajstić information content (AvgIpc) is 2.78.